The Balaban J connectivity index is 1.15. The minimum Gasteiger partial charge on any atom is -0.493 e. The third-order valence-corrected chi connectivity index (χ3v) is 8.23. The molecule has 1 unspecified atom stereocenters. The van der Waals surface area contributed by atoms with Gasteiger partial charge in [0.05, 0.1) is 44.0 Å². The van der Waals surface area contributed by atoms with E-state index in [9.17, 15) is 19.2 Å². The first kappa shape index (κ1) is 30.5. The molecule has 0 saturated heterocycles. The fourth-order valence-electron chi connectivity index (χ4n) is 5.78. The molecule has 2 aliphatic rings. The third kappa shape index (κ3) is 6.07. The van der Waals surface area contributed by atoms with Crippen LogP contribution >= 0.6 is 0 Å². The van der Waals surface area contributed by atoms with E-state index in [4.69, 9.17) is 15.2 Å². The maximum absolute atomic E-state index is 13.7. The van der Waals surface area contributed by atoms with Crippen molar-refractivity contribution in [3.8, 4) is 11.5 Å². The lowest BCUT2D eigenvalue weighted by Gasteiger charge is -2.21. The number of amides is 4. The summed E-state index contributed by atoms with van der Waals surface area (Å²) in [4.78, 5) is 54.5. The number of fused-ring (bicyclic) bond motifs is 2. The smallest absolute Gasteiger partial charge is 0.261 e. The highest BCUT2D eigenvalue weighted by Gasteiger charge is 2.36. The van der Waals surface area contributed by atoms with Crippen LogP contribution in [0.5, 0.6) is 11.5 Å². The monoisotopic (exact) mass is 618 g/mol. The molecule has 4 aromatic carbocycles. The first-order valence-electron chi connectivity index (χ1n) is 15.1. The Labute approximate surface area is 266 Å². The number of carbonyl (C=O) groups excluding carboxylic acids is 4. The molecule has 1 atom stereocenters. The molecular weight excluding hydrogens is 584 g/mol. The molecule has 0 fully saturated rings. The number of ether oxygens (including phenoxy) is 2. The maximum atomic E-state index is 13.7. The Kier molecular flexibility index (Phi) is 8.54. The van der Waals surface area contributed by atoms with Gasteiger partial charge in [0.25, 0.3) is 17.7 Å². The predicted molar refractivity (Wildman–Crippen MR) is 173 cm³/mol. The van der Waals surface area contributed by atoms with E-state index in [1.807, 2.05) is 49.4 Å². The van der Waals surface area contributed by atoms with Crippen LogP contribution in [0.25, 0.3) is 0 Å². The van der Waals surface area contributed by atoms with Crippen molar-refractivity contribution in [2.75, 3.05) is 23.9 Å². The van der Waals surface area contributed by atoms with E-state index in [1.165, 1.54) is 17.7 Å². The lowest BCUT2D eigenvalue weighted by molar-refractivity contribution is -0.114. The van der Waals surface area contributed by atoms with Gasteiger partial charge in [-0.15, -0.1) is 0 Å². The molecule has 6 rings (SSSR count). The predicted octanol–water partition coefficient (Wildman–Crippen LogP) is 4.95. The lowest BCUT2D eigenvalue weighted by Crippen LogP contribution is -2.29. The highest BCUT2D eigenvalue weighted by Crippen LogP contribution is 2.37. The number of rotatable bonds is 11. The summed E-state index contributed by atoms with van der Waals surface area (Å²) in [6.07, 6.45) is 1.60. The molecule has 3 N–H and O–H groups in total. The summed E-state index contributed by atoms with van der Waals surface area (Å²) in [5, 5.41) is 2.60. The van der Waals surface area contributed by atoms with Crippen molar-refractivity contribution in [1.29, 1.82) is 0 Å². The summed E-state index contributed by atoms with van der Waals surface area (Å²) in [5.41, 5.74) is 10.1. The number of hydrogen-bond acceptors (Lipinski definition) is 7. The van der Waals surface area contributed by atoms with Crippen LogP contribution in [0.1, 0.15) is 61.1 Å². The van der Waals surface area contributed by atoms with Crippen LogP contribution < -0.4 is 25.4 Å². The molecule has 234 valence electrons. The van der Waals surface area contributed by atoms with Crippen molar-refractivity contribution in [3.05, 3.63) is 118 Å². The normalized spacial score (nSPS) is 14.3. The molecule has 2 aliphatic heterocycles. The number of methoxy groups -OCH3 is 1. The van der Waals surface area contributed by atoms with Crippen LogP contribution in [0.2, 0.25) is 0 Å². The molecule has 4 aromatic rings. The molecule has 0 aromatic heterocycles. The van der Waals surface area contributed by atoms with Gasteiger partial charge in [-0.3, -0.25) is 24.1 Å². The summed E-state index contributed by atoms with van der Waals surface area (Å²) in [5.74, 6) is -0.363. The van der Waals surface area contributed by atoms with E-state index >= 15 is 0 Å². The molecule has 0 radical (unpaired) electrons. The second kappa shape index (κ2) is 12.9. The molecule has 4 amide bonds. The van der Waals surface area contributed by atoms with E-state index in [-0.39, 0.29) is 36.2 Å². The molecule has 2 heterocycles. The highest BCUT2D eigenvalue weighted by atomic mass is 16.5. The summed E-state index contributed by atoms with van der Waals surface area (Å²) in [6, 6.07) is 25.7. The van der Waals surface area contributed by atoms with Crippen LogP contribution in [0.3, 0.4) is 0 Å². The number of nitrogens with two attached hydrogens (primary N) is 1. The van der Waals surface area contributed by atoms with E-state index in [2.05, 4.69) is 17.4 Å². The number of nitrogens with one attached hydrogen (secondary N) is 1. The molecule has 10 nitrogen and oxygen atoms in total. The molecular formula is C36H34N4O6. The molecule has 0 aliphatic carbocycles. The van der Waals surface area contributed by atoms with Gasteiger partial charge >= 0.3 is 0 Å². The van der Waals surface area contributed by atoms with Crippen molar-refractivity contribution in [1.82, 2.24) is 4.90 Å². The maximum Gasteiger partial charge on any atom is 0.261 e. The van der Waals surface area contributed by atoms with E-state index in [0.717, 1.165) is 23.3 Å². The number of benzene rings is 4. The zero-order valence-electron chi connectivity index (χ0n) is 25.6. The summed E-state index contributed by atoms with van der Waals surface area (Å²) < 4.78 is 11.8. The Morgan fingerprint density at radius 3 is 2.39 bits per heavy atom. The molecule has 10 heteroatoms. The first-order chi connectivity index (χ1) is 22.2. The molecule has 0 spiro atoms. The number of aryl methyl sites for hydroxylation is 1. The van der Waals surface area contributed by atoms with Crippen LogP contribution in [0.4, 0.5) is 11.4 Å². The number of imide groups is 1. The highest BCUT2D eigenvalue weighted by molar-refractivity contribution is 6.22. The van der Waals surface area contributed by atoms with Crippen molar-refractivity contribution in [3.63, 3.8) is 0 Å². The van der Waals surface area contributed by atoms with Gasteiger partial charge in [0.15, 0.2) is 11.5 Å². The third-order valence-electron chi connectivity index (χ3n) is 8.23. The summed E-state index contributed by atoms with van der Waals surface area (Å²) in [7, 11) is 1.59. The minimum atomic E-state index is -0.471. The van der Waals surface area contributed by atoms with Crippen LogP contribution in [-0.2, 0) is 24.3 Å². The van der Waals surface area contributed by atoms with Gasteiger partial charge in [0, 0.05) is 23.0 Å². The van der Waals surface area contributed by atoms with Crippen LogP contribution in [0.15, 0.2) is 84.9 Å². The minimum absolute atomic E-state index is 0.00120. The Morgan fingerprint density at radius 1 is 0.848 bits per heavy atom. The standard InChI is InChI=1S/C36H34N4O6/c1-22(8-9-23-6-4-3-5-7-23)46-32-18-27(13-15-31(32)45-2)39-21-25-11-10-24(16-29(25)35(39)43)20-40-34(42)28-14-12-26(38-33(41)19-37)17-30(28)36(40)44/h3-7,10-18,22H,8-9,19-21,37H2,1-2H3,(H,38,41). The number of anilines is 2. The fraction of sp³-hybridized carbons (Fsp3) is 0.222. The number of carbonyl (C=O) groups is 4. The van der Waals surface area contributed by atoms with Gasteiger partial charge in [-0.2, -0.15) is 0 Å². The molecule has 46 heavy (non-hydrogen) atoms. The summed E-state index contributed by atoms with van der Waals surface area (Å²) in [6.45, 7) is 2.18. The van der Waals surface area contributed by atoms with E-state index in [0.29, 0.717) is 40.5 Å². The van der Waals surface area contributed by atoms with Crippen molar-refractivity contribution < 1.29 is 28.7 Å². The van der Waals surface area contributed by atoms with Gasteiger partial charge in [0.2, 0.25) is 5.91 Å². The topological polar surface area (TPSA) is 131 Å². The number of hydrogen-bond donors (Lipinski definition) is 2. The largest absolute Gasteiger partial charge is 0.493 e. The van der Waals surface area contributed by atoms with Gasteiger partial charge in [0.1, 0.15) is 0 Å². The van der Waals surface area contributed by atoms with E-state index in [1.54, 1.807) is 30.2 Å². The summed E-state index contributed by atoms with van der Waals surface area (Å²) >= 11 is 0. The Bertz CT molecular complexity index is 1840. The van der Waals surface area contributed by atoms with Gasteiger partial charge < -0.3 is 25.4 Å². The van der Waals surface area contributed by atoms with Crippen molar-refractivity contribution >= 4 is 35.0 Å². The quantitative estimate of drug-likeness (QED) is 0.228. The molecule has 0 bridgehead atoms. The average Bonchev–Trinajstić information content (AvgIpc) is 3.52. The van der Waals surface area contributed by atoms with Gasteiger partial charge in [-0.25, -0.2) is 0 Å². The van der Waals surface area contributed by atoms with Crippen LogP contribution in [0, 0.1) is 0 Å². The second-order valence-corrected chi connectivity index (χ2v) is 11.4. The lowest BCUT2D eigenvalue weighted by atomic mass is 10.1. The second-order valence-electron chi connectivity index (χ2n) is 11.4. The number of nitrogens with zero attached hydrogens (tertiary/aromatic N) is 2. The first-order valence-corrected chi connectivity index (χ1v) is 15.1. The Morgan fingerprint density at radius 2 is 1.63 bits per heavy atom. The zero-order chi connectivity index (χ0) is 32.4. The SMILES string of the molecule is COc1ccc(N2Cc3ccc(CN4C(=O)c5ccc(NC(=O)CN)cc5C4=O)cc3C2=O)cc1OC(C)CCc1ccccc1. The average molecular weight is 619 g/mol. The Hall–Kier alpha value is -5.48. The fourth-order valence-corrected chi connectivity index (χ4v) is 5.78. The van der Waals surface area contributed by atoms with Crippen LogP contribution in [-0.4, -0.2) is 48.3 Å². The van der Waals surface area contributed by atoms with E-state index < -0.39 is 17.7 Å². The molecule has 0 saturated carbocycles. The van der Waals surface area contributed by atoms with Crippen molar-refractivity contribution in [2.45, 2.75) is 39.0 Å². The zero-order valence-corrected chi connectivity index (χ0v) is 25.6. The van der Waals surface area contributed by atoms with Gasteiger partial charge in [-0.1, -0.05) is 42.5 Å². The van der Waals surface area contributed by atoms with Crippen molar-refractivity contribution in [2.24, 2.45) is 5.73 Å². The van der Waals surface area contributed by atoms with Gasteiger partial charge in [-0.05, 0) is 72.9 Å².